The van der Waals surface area contributed by atoms with E-state index < -0.39 is 17.9 Å². The number of ketones is 1. The highest BCUT2D eigenvalue weighted by atomic mass is 19.4. The molecule has 37 heavy (non-hydrogen) atoms. The molecular weight excluding hydrogens is 469 g/mol. The van der Waals surface area contributed by atoms with E-state index in [9.17, 15) is 18.0 Å². The zero-order valence-electron chi connectivity index (χ0n) is 24.9. The molecule has 0 aromatic carbocycles. The first kappa shape index (κ1) is 36.5. The fourth-order valence-corrected chi connectivity index (χ4v) is 5.45. The van der Waals surface area contributed by atoms with E-state index >= 15 is 0 Å². The first-order valence-electron chi connectivity index (χ1n) is 16.5. The maximum atomic E-state index is 13.1. The van der Waals surface area contributed by atoms with Crippen LogP contribution in [0.15, 0.2) is 0 Å². The molecule has 0 spiro atoms. The van der Waals surface area contributed by atoms with Crippen LogP contribution in [0.5, 0.6) is 0 Å². The Labute approximate surface area is 229 Å². The second-order valence-electron chi connectivity index (χ2n) is 11.6. The Bertz CT molecular complexity index is 475. The molecule has 1 unspecified atom stereocenters. The molecule has 0 N–H and O–H groups in total. The summed E-state index contributed by atoms with van der Waals surface area (Å²) in [6, 6.07) is 0. The van der Waals surface area contributed by atoms with Crippen molar-refractivity contribution < 1.29 is 18.0 Å². The molecule has 0 bridgehead atoms. The normalized spacial score (nSPS) is 12.8. The first-order valence-corrected chi connectivity index (χ1v) is 16.5. The van der Waals surface area contributed by atoms with Gasteiger partial charge in [-0.3, -0.25) is 4.79 Å². The van der Waals surface area contributed by atoms with Gasteiger partial charge in [0, 0.05) is 5.92 Å². The lowest BCUT2D eigenvalue weighted by Gasteiger charge is -2.17. The summed E-state index contributed by atoms with van der Waals surface area (Å²) in [5.41, 5.74) is 0. The zero-order chi connectivity index (χ0) is 27.5. The van der Waals surface area contributed by atoms with Crippen LogP contribution in [0.25, 0.3) is 0 Å². The summed E-state index contributed by atoms with van der Waals surface area (Å²) in [6.45, 7) is 4.49. The predicted octanol–water partition coefficient (Wildman–Crippen LogP) is 12.7. The van der Waals surface area contributed by atoms with Crippen molar-refractivity contribution in [2.75, 3.05) is 0 Å². The van der Waals surface area contributed by atoms with Gasteiger partial charge in [-0.15, -0.1) is 0 Å². The number of hydrogen-bond donors (Lipinski definition) is 0. The van der Waals surface area contributed by atoms with Crippen LogP contribution in [0.2, 0.25) is 0 Å². The Balaban J connectivity index is 3.78. The van der Waals surface area contributed by atoms with Crippen molar-refractivity contribution >= 4 is 5.78 Å². The molecule has 1 nitrogen and oxygen atoms in total. The van der Waals surface area contributed by atoms with Crippen LogP contribution >= 0.6 is 0 Å². The number of alkyl halides is 3. The molecule has 0 aliphatic carbocycles. The summed E-state index contributed by atoms with van der Waals surface area (Å²) in [7, 11) is 0. The molecule has 0 saturated heterocycles. The van der Waals surface area contributed by atoms with Gasteiger partial charge in [0.15, 0.2) is 0 Å². The van der Waals surface area contributed by atoms with Crippen LogP contribution in [0, 0.1) is 5.92 Å². The fraction of sp³-hybridized carbons (Fsp3) is 0.970. The minimum absolute atomic E-state index is 0.411. The Morgan fingerprint density at radius 1 is 0.432 bits per heavy atom. The summed E-state index contributed by atoms with van der Waals surface area (Å²) < 4.78 is 39.2. The Morgan fingerprint density at radius 2 is 0.649 bits per heavy atom. The van der Waals surface area contributed by atoms with Gasteiger partial charge in [-0.25, -0.2) is 0 Å². The Morgan fingerprint density at radius 3 is 0.865 bits per heavy atom. The third-order valence-electron chi connectivity index (χ3n) is 7.96. The van der Waals surface area contributed by atoms with Crippen molar-refractivity contribution in [1.82, 2.24) is 0 Å². The molecule has 1 atom stereocenters. The fourth-order valence-electron chi connectivity index (χ4n) is 5.45. The average Bonchev–Trinajstić information content (AvgIpc) is 2.87. The minimum atomic E-state index is -4.68. The second kappa shape index (κ2) is 27.0. The van der Waals surface area contributed by atoms with E-state index in [1.54, 1.807) is 0 Å². The highest BCUT2D eigenvalue weighted by Gasteiger charge is 2.42. The topological polar surface area (TPSA) is 17.1 Å². The number of Topliss-reactive ketones (excluding diaryl/α,β-unsaturated/α-hetero) is 1. The molecular formula is C33H63F3O. The van der Waals surface area contributed by atoms with Crippen LogP contribution in [0.1, 0.15) is 194 Å². The molecule has 0 heterocycles. The third kappa shape index (κ3) is 25.5. The predicted molar refractivity (Wildman–Crippen MR) is 155 cm³/mol. The van der Waals surface area contributed by atoms with E-state index in [-0.39, 0.29) is 0 Å². The Kier molecular flexibility index (Phi) is 26.6. The second-order valence-corrected chi connectivity index (χ2v) is 11.6. The van der Waals surface area contributed by atoms with Gasteiger partial charge in [0.1, 0.15) is 0 Å². The van der Waals surface area contributed by atoms with Gasteiger partial charge in [-0.1, -0.05) is 181 Å². The average molecular weight is 533 g/mol. The monoisotopic (exact) mass is 532 g/mol. The molecule has 0 aromatic heterocycles. The SMILES string of the molecule is CCCCCCCCCCCCCCCCC(CCCCCCCCCCCCCC)C(=O)C(F)(F)F. The molecule has 0 fully saturated rings. The van der Waals surface area contributed by atoms with Crippen molar-refractivity contribution in [2.45, 2.75) is 200 Å². The lowest BCUT2D eigenvalue weighted by molar-refractivity contribution is -0.176. The molecule has 0 rings (SSSR count). The number of unbranched alkanes of at least 4 members (excludes halogenated alkanes) is 24. The van der Waals surface area contributed by atoms with Gasteiger partial charge in [0.05, 0.1) is 0 Å². The molecule has 222 valence electrons. The summed E-state index contributed by atoms with van der Waals surface area (Å²) >= 11 is 0. The lowest BCUT2D eigenvalue weighted by atomic mass is 9.90. The highest BCUT2D eigenvalue weighted by Crippen LogP contribution is 2.28. The van der Waals surface area contributed by atoms with Crippen molar-refractivity contribution in [3.63, 3.8) is 0 Å². The lowest BCUT2D eigenvalue weighted by Crippen LogP contribution is -2.30. The summed E-state index contributed by atoms with van der Waals surface area (Å²) in [6.07, 6.45) is 27.9. The maximum absolute atomic E-state index is 13.1. The van der Waals surface area contributed by atoms with E-state index in [0.29, 0.717) is 12.8 Å². The quantitative estimate of drug-likeness (QED) is 0.0875. The minimum Gasteiger partial charge on any atom is -0.289 e. The number of halogens is 3. The molecule has 0 aliphatic heterocycles. The molecule has 0 aliphatic rings. The number of hydrogen-bond acceptors (Lipinski definition) is 1. The van der Waals surface area contributed by atoms with Crippen LogP contribution in [-0.4, -0.2) is 12.0 Å². The van der Waals surface area contributed by atoms with Crippen LogP contribution in [0.4, 0.5) is 13.2 Å². The van der Waals surface area contributed by atoms with Gasteiger partial charge >= 0.3 is 6.18 Å². The van der Waals surface area contributed by atoms with Crippen molar-refractivity contribution in [3.8, 4) is 0 Å². The van der Waals surface area contributed by atoms with Crippen molar-refractivity contribution in [3.05, 3.63) is 0 Å². The molecule has 0 amide bonds. The molecule has 0 radical (unpaired) electrons. The summed E-state index contributed by atoms with van der Waals surface area (Å²) in [5, 5.41) is 0. The number of carbonyl (C=O) groups excluding carboxylic acids is 1. The van der Waals surface area contributed by atoms with Gasteiger partial charge in [-0.2, -0.15) is 13.2 Å². The zero-order valence-corrected chi connectivity index (χ0v) is 24.9. The van der Waals surface area contributed by atoms with Gasteiger partial charge in [-0.05, 0) is 12.8 Å². The van der Waals surface area contributed by atoms with Crippen molar-refractivity contribution in [2.24, 2.45) is 5.92 Å². The largest absolute Gasteiger partial charge is 0.450 e. The smallest absolute Gasteiger partial charge is 0.289 e. The maximum Gasteiger partial charge on any atom is 0.450 e. The number of carbonyl (C=O) groups is 1. The van der Waals surface area contributed by atoms with Gasteiger partial charge < -0.3 is 0 Å². The van der Waals surface area contributed by atoms with Crippen LogP contribution in [0.3, 0.4) is 0 Å². The standard InChI is InChI=1S/C33H63F3O/c1-3-5-7-9-11-13-15-17-18-20-22-24-26-28-30-31(32(37)33(34,35)36)29-27-25-23-21-19-16-14-12-10-8-6-4-2/h31H,3-30H2,1-2H3. The summed E-state index contributed by atoms with van der Waals surface area (Å²) in [4.78, 5) is 11.9. The van der Waals surface area contributed by atoms with Crippen LogP contribution < -0.4 is 0 Å². The molecule has 0 aromatic rings. The van der Waals surface area contributed by atoms with E-state index in [2.05, 4.69) is 13.8 Å². The van der Waals surface area contributed by atoms with E-state index in [1.807, 2.05) is 0 Å². The van der Waals surface area contributed by atoms with Crippen molar-refractivity contribution in [1.29, 1.82) is 0 Å². The third-order valence-corrected chi connectivity index (χ3v) is 7.96. The number of rotatable bonds is 29. The van der Waals surface area contributed by atoms with Crippen LogP contribution in [-0.2, 0) is 4.79 Å². The first-order chi connectivity index (χ1) is 17.9. The van der Waals surface area contributed by atoms with Gasteiger partial charge in [0.25, 0.3) is 0 Å². The van der Waals surface area contributed by atoms with E-state index in [1.165, 1.54) is 128 Å². The van der Waals surface area contributed by atoms with E-state index in [4.69, 9.17) is 0 Å². The molecule has 4 heteroatoms. The highest BCUT2D eigenvalue weighted by molar-refractivity contribution is 5.86. The summed E-state index contributed by atoms with van der Waals surface area (Å²) in [5.74, 6) is -2.30. The Hall–Kier alpha value is -0.540. The van der Waals surface area contributed by atoms with E-state index in [0.717, 1.165) is 38.5 Å². The molecule has 0 saturated carbocycles. The van der Waals surface area contributed by atoms with Gasteiger partial charge in [0.2, 0.25) is 5.78 Å².